The number of Topliss-reactive ketones (excluding diaryl/α,β-unsaturated/α-hetero) is 1. The van der Waals surface area contributed by atoms with Crippen molar-refractivity contribution in [3.05, 3.63) is 66.5 Å². The van der Waals surface area contributed by atoms with E-state index in [9.17, 15) is 14.7 Å². The number of carbonyl (C=O) groups is 2. The maximum Gasteiger partial charge on any atom is 0.324 e. The number of methoxy groups -OCH3 is 1. The van der Waals surface area contributed by atoms with Crippen LogP contribution < -0.4 is 4.90 Å². The maximum atomic E-state index is 13.1. The van der Waals surface area contributed by atoms with Gasteiger partial charge in [0.1, 0.15) is 5.75 Å². The summed E-state index contributed by atoms with van der Waals surface area (Å²) in [5.74, 6) is 0.106. The Hall–Kier alpha value is -3.65. The van der Waals surface area contributed by atoms with E-state index in [1.807, 2.05) is 41.3 Å². The quantitative estimate of drug-likeness (QED) is 0.535. The number of piperidine rings is 1. The van der Waals surface area contributed by atoms with Gasteiger partial charge >= 0.3 is 6.03 Å². The standard InChI is InChI=1S/C26H30N4O4/c1-28(23-7-3-19(4-8-23)22-17-27-30(18-22)15-16-34-2)26(33)29-13-11-21(12-14-29)25(32)20-5-9-24(31)10-6-20/h3-10,17-18,21,31H,11-16H2,1-2H3. The first-order valence-electron chi connectivity index (χ1n) is 11.4. The first kappa shape index (κ1) is 23.5. The second-order valence-electron chi connectivity index (χ2n) is 8.55. The van der Waals surface area contributed by atoms with Gasteiger partial charge in [-0.25, -0.2) is 4.79 Å². The van der Waals surface area contributed by atoms with Gasteiger partial charge in [-0.1, -0.05) is 12.1 Å². The molecule has 1 N–H and O–H groups in total. The van der Waals surface area contributed by atoms with Gasteiger partial charge in [0.05, 0.1) is 19.3 Å². The zero-order valence-corrected chi connectivity index (χ0v) is 19.6. The van der Waals surface area contributed by atoms with E-state index < -0.39 is 0 Å². The molecule has 2 heterocycles. The molecule has 1 saturated heterocycles. The van der Waals surface area contributed by atoms with Crippen molar-refractivity contribution in [2.45, 2.75) is 19.4 Å². The molecule has 178 valence electrons. The summed E-state index contributed by atoms with van der Waals surface area (Å²) in [6, 6.07) is 14.1. The second-order valence-corrected chi connectivity index (χ2v) is 8.55. The molecule has 0 spiro atoms. The van der Waals surface area contributed by atoms with Gasteiger partial charge in [-0.3, -0.25) is 14.4 Å². The fraction of sp³-hybridized carbons (Fsp3) is 0.346. The van der Waals surface area contributed by atoms with Crippen LogP contribution in [0.1, 0.15) is 23.2 Å². The molecular weight excluding hydrogens is 432 g/mol. The van der Waals surface area contributed by atoms with E-state index in [-0.39, 0.29) is 23.5 Å². The SMILES string of the molecule is COCCn1cc(-c2ccc(N(C)C(=O)N3CCC(C(=O)c4ccc(O)cc4)CC3)cc2)cn1. The van der Waals surface area contributed by atoms with E-state index >= 15 is 0 Å². The number of ketones is 1. The lowest BCUT2D eigenvalue weighted by atomic mass is 9.89. The van der Waals surface area contributed by atoms with Crippen molar-refractivity contribution in [3.63, 3.8) is 0 Å². The Labute approximate surface area is 199 Å². The minimum atomic E-state index is -0.108. The van der Waals surface area contributed by atoms with E-state index in [0.717, 1.165) is 16.8 Å². The number of likely N-dealkylation sites (tertiary alicyclic amines) is 1. The lowest BCUT2D eigenvalue weighted by molar-refractivity contribution is 0.0857. The van der Waals surface area contributed by atoms with Crippen LogP contribution in [0.15, 0.2) is 60.9 Å². The number of ether oxygens (including phenoxy) is 1. The Kier molecular flexibility index (Phi) is 7.27. The number of hydrogen-bond donors (Lipinski definition) is 1. The topological polar surface area (TPSA) is 87.9 Å². The third-order valence-corrected chi connectivity index (χ3v) is 6.32. The third-order valence-electron chi connectivity index (χ3n) is 6.32. The highest BCUT2D eigenvalue weighted by Gasteiger charge is 2.29. The summed E-state index contributed by atoms with van der Waals surface area (Å²) in [6.07, 6.45) is 5.06. The number of amides is 2. The number of nitrogens with zero attached hydrogens (tertiary/aromatic N) is 4. The van der Waals surface area contributed by atoms with Crippen LogP contribution >= 0.6 is 0 Å². The summed E-state index contributed by atoms with van der Waals surface area (Å²) < 4.78 is 6.94. The summed E-state index contributed by atoms with van der Waals surface area (Å²) in [4.78, 5) is 29.2. The van der Waals surface area contributed by atoms with Gasteiger partial charge in [0.2, 0.25) is 0 Å². The van der Waals surface area contributed by atoms with Crippen LogP contribution in [0.4, 0.5) is 10.5 Å². The number of rotatable bonds is 7. The zero-order valence-electron chi connectivity index (χ0n) is 19.6. The number of urea groups is 1. The van der Waals surface area contributed by atoms with Crippen molar-refractivity contribution >= 4 is 17.5 Å². The van der Waals surface area contributed by atoms with Gasteiger partial charge in [0.15, 0.2) is 5.78 Å². The maximum absolute atomic E-state index is 13.1. The van der Waals surface area contributed by atoms with Crippen molar-refractivity contribution in [1.82, 2.24) is 14.7 Å². The Balaban J connectivity index is 1.33. The van der Waals surface area contributed by atoms with Crippen molar-refractivity contribution in [2.24, 2.45) is 5.92 Å². The van der Waals surface area contributed by atoms with Crippen LogP contribution in [-0.4, -0.2) is 65.5 Å². The Morgan fingerprint density at radius 1 is 1.06 bits per heavy atom. The number of carbonyl (C=O) groups excluding carboxylic acids is 2. The molecule has 1 aliphatic rings. The normalized spacial score (nSPS) is 14.2. The average Bonchev–Trinajstić information content (AvgIpc) is 3.36. The molecule has 0 saturated carbocycles. The molecule has 0 aliphatic carbocycles. The molecule has 0 radical (unpaired) electrons. The minimum absolute atomic E-state index is 0.0709. The average molecular weight is 463 g/mol. The van der Waals surface area contributed by atoms with E-state index in [1.54, 1.807) is 36.1 Å². The van der Waals surface area contributed by atoms with E-state index in [0.29, 0.717) is 44.6 Å². The van der Waals surface area contributed by atoms with Gasteiger partial charge in [0.25, 0.3) is 0 Å². The summed E-state index contributed by atoms with van der Waals surface area (Å²) in [6.45, 7) is 2.38. The lowest BCUT2D eigenvalue weighted by Crippen LogP contribution is -2.46. The van der Waals surface area contributed by atoms with Crippen molar-refractivity contribution in [2.75, 3.05) is 38.8 Å². The predicted octanol–water partition coefficient (Wildman–Crippen LogP) is 4.05. The lowest BCUT2D eigenvalue weighted by Gasteiger charge is -2.34. The first-order valence-corrected chi connectivity index (χ1v) is 11.4. The predicted molar refractivity (Wildman–Crippen MR) is 130 cm³/mol. The van der Waals surface area contributed by atoms with Crippen LogP contribution in [0.25, 0.3) is 11.1 Å². The van der Waals surface area contributed by atoms with Gasteiger partial charge in [-0.2, -0.15) is 5.10 Å². The monoisotopic (exact) mass is 462 g/mol. The number of aromatic nitrogens is 2. The summed E-state index contributed by atoms with van der Waals surface area (Å²) in [5, 5.41) is 13.8. The molecule has 8 heteroatoms. The molecule has 1 aromatic heterocycles. The van der Waals surface area contributed by atoms with Crippen molar-refractivity contribution in [3.8, 4) is 16.9 Å². The van der Waals surface area contributed by atoms with Crippen molar-refractivity contribution < 1.29 is 19.4 Å². The molecule has 1 aliphatic heterocycles. The molecule has 0 atom stereocenters. The smallest absolute Gasteiger partial charge is 0.324 e. The molecule has 3 aromatic rings. The zero-order chi connectivity index (χ0) is 24.1. The molecule has 0 unspecified atom stereocenters. The van der Waals surface area contributed by atoms with Gasteiger partial charge in [-0.05, 0) is 54.8 Å². The van der Waals surface area contributed by atoms with E-state index in [4.69, 9.17) is 4.74 Å². The number of phenols is 1. The highest BCUT2D eigenvalue weighted by Crippen LogP contribution is 2.26. The van der Waals surface area contributed by atoms with Crippen LogP contribution in [0.3, 0.4) is 0 Å². The number of aromatic hydroxyl groups is 1. The Morgan fingerprint density at radius 3 is 2.38 bits per heavy atom. The molecule has 2 amide bonds. The molecular formula is C26H30N4O4. The van der Waals surface area contributed by atoms with Crippen LogP contribution in [0, 0.1) is 5.92 Å². The number of anilines is 1. The molecule has 2 aromatic carbocycles. The van der Waals surface area contributed by atoms with Crippen LogP contribution in [0.5, 0.6) is 5.75 Å². The van der Waals surface area contributed by atoms with E-state index in [2.05, 4.69) is 5.10 Å². The van der Waals surface area contributed by atoms with Crippen LogP contribution in [-0.2, 0) is 11.3 Å². The second kappa shape index (κ2) is 10.5. The third kappa shape index (κ3) is 5.28. The fourth-order valence-corrected chi connectivity index (χ4v) is 4.21. The van der Waals surface area contributed by atoms with Crippen LogP contribution in [0.2, 0.25) is 0 Å². The molecule has 1 fully saturated rings. The highest BCUT2D eigenvalue weighted by atomic mass is 16.5. The van der Waals surface area contributed by atoms with Gasteiger partial charge < -0.3 is 14.7 Å². The number of phenolic OH excluding ortho intramolecular Hbond substituents is 1. The Bertz CT molecular complexity index is 1120. The van der Waals surface area contributed by atoms with Crippen molar-refractivity contribution in [1.29, 1.82) is 0 Å². The van der Waals surface area contributed by atoms with E-state index in [1.165, 1.54) is 12.1 Å². The van der Waals surface area contributed by atoms with Gasteiger partial charge in [-0.15, -0.1) is 0 Å². The largest absolute Gasteiger partial charge is 0.508 e. The Morgan fingerprint density at radius 2 is 1.74 bits per heavy atom. The fourth-order valence-electron chi connectivity index (χ4n) is 4.21. The summed E-state index contributed by atoms with van der Waals surface area (Å²) in [7, 11) is 3.44. The highest BCUT2D eigenvalue weighted by molar-refractivity contribution is 5.98. The van der Waals surface area contributed by atoms with Gasteiger partial charge in [0, 0.05) is 56.2 Å². The molecule has 8 nitrogen and oxygen atoms in total. The number of benzene rings is 2. The molecule has 4 rings (SSSR count). The molecule has 0 bridgehead atoms. The number of hydrogen-bond acceptors (Lipinski definition) is 5. The summed E-state index contributed by atoms with van der Waals surface area (Å²) >= 11 is 0. The summed E-state index contributed by atoms with van der Waals surface area (Å²) in [5.41, 5.74) is 3.45. The first-order chi connectivity index (χ1) is 16.5. The minimum Gasteiger partial charge on any atom is -0.508 e. The molecule has 34 heavy (non-hydrogen) atoms.